The van der Waals surface area contributed by atoms with Crippen LogP contribution in [0.1, 0.15) is 76.9 Å². The number of fused-ring (bicyclic) bond motifs is 2. The summed E-state index contributed by atoms with van der Waals surface area (Å²) in [6.07, 6.45) is 2.53. The van der Waals surface area contributed by atoms with E-state index in [0.717, 1.165) is 29.4 Å². The molecular formula is C26H35N5O4. The third-order valence-electron chi connectivity index (χ3n) is 6.88. The average Bonchev–Trinajstić information content (AvgIpc) is 3.41. The minimum atomic E-state index is -0.917. The summed E-state index contributed by atoms with van der Waals surface area (Å²) in [6.45, 7) is 9.56. The Morgan fingerprint density at radius 3 is 2.51 bits per heavy atom. The van der Waals surface area contributed by atoms with Crippen molar-refractivity contribution < 1.29 is 9.53 Å². The largest absolute Gasteiger partial charge is 0.444 e. The van der Waals surface area contributed by atoms with Gasteiger partial charge in [0.15, 0.2) is 5.65 Å². The third kappa shape index (κ3) is 4.17. The second-order valence-electron chi connectivity index (χ2n) is 10.6. The molecule has 188 valence electrons. The zero-order chi connectivity index (χ0) is 25.7. The Labute approximate surface area is 204 Å². The fourth-order valence-corrected chi connectivity index (χ4v) is 5.21. The Hall–Kier alpha value is -3.36. The van der Waals surface area contributed by atoms with Crippen LogP contribution in [0, 0.1) is 0 Å². The zero-order valence-corrected chi connectivity index (χ0v) is 21.6. The molecule has 2 heterocycles. The van der Waals surface area contributed by atoms with Crippen molar-refractivity contribution in [3.8, 4) is 0 Å². The van der Waals surface area contributed by atoms with E-state index in [4.69, 9.17) is 9.72 Å². The van der Waals surface area contributed by atoms with Crippen LogP contribution in [0.4, 0.5) is 4.79 Å². The number of aryl methyl sites for hydroxylation is 2. The summed E-state index contributed by atoms with van der Waals surface area (Å²) in [5, 5.41) is 0. The predicted molar refractivity (Wildman–Crippen MR) is 134 cm³/mol. The molecule has 0 saturated heterocycles. The molecule has 1 amide bonds. The SMILES string of the molecule is CCCC(C)(c1nc2c([nH]1)c(=O)n(C)c(=O)n2C)N(C(=O)OC(C)(C)C)C1CCc2ccccc21. The molecule has 9 heteroatoms. The first-order valence-electron chi connectivity index (χ1n) is 12.2. The molecule has 4 rings (SSSR count). The Balaban J connectivity index is 1.95. The topological polar surface area (TPSA) is 102 Å². The molecule has 35 heavy (non-hydrogen) atoms. The van der Waals surface area contributed by atoms with Gasteiger partial charge in [-0.25, -0.2) is 14.6 Å². The number of hydrogen-bond donors (Lipinski definition) is 1. The number of nitrogens with one attached hydrogen (secondary N) is 1. The van der Waals surface area contributed by atoms with Crippen LogP contribution in [0.2, 0.25) is 0 Å². The first kappa shape index (κ1) is 24.8. The summed E-state index contributed by atoms with van der Waals surface area (Å²) in [4.78, 5) is 49.0. The van der Waals surface area contributed by atoms with Crippen LogP contribution in [0.15, 0.2) is 33.9 Å². The lowest BCUT2D eigenvalue weighted by Crippen LogP contribution is -2.51. The molecule has 1 aliphatic carbocycles. The summed E-state index contributed by atoms with van der Waals surface area (Å²) in [5.41, 5.74) is 0.315. The molecule has 9 nitrogen and oxygen atoms in total. The number of H-pyrrole nitrogens is 1. The van der Waals surface area contributed by atoms with Crippen molar-refractivity contribution in [2.24, 2.45) is 14.1 Å². The van der Waals surface area contributed by atoms with Gasteiger partial charge >= 0.3 is 11.8 Å². The summed E-state index contributed by atoms with van der Waals surface area (Å²) < 4.78 is 8.33. The van der Waals surface area contributed by atoms with Gasteiger partial charge in [-0.05, 0) is 58.1 Å². The first-order valence-corrected chi connectivity index (χ1v) is 12.2. The minimum absolute atomic E-state index is 0.211. The average molecular weight is 482 g/mol. The highest BCUT2D eigenvalue weighted by Crippen LogP contribution is 2.45. The van der Waals surface area contributed by atoms with Gasteiger partial charge in [-0.15, -0.1) is 0 Å². The van der Waals surface area contributed by atoms with Crippen LogP contribution in [-0.2, 0) is 30.8 Å². The van der Waals surface area contributed by atoms with Crippen LogP contribution in [0.3, 0.4) is 0 Å². The highest BCUT2D eigenvalue weighted by molar-refractivity contribution is 5.73. The number of benzene rings is 1. The maximum absolute atomic E-state index is 13.8. The fourth-order valence-electron chi connectivity index (χ4n) is 5.21. The molecule has 1 N–H and O–H groups in total. The van der Waals surface area contributed by atoms with Crippen molar-refractivity contribution in [1.29, 1.82) is 0 Å². The zero-order valence-electron chi connectivity index (χ0n) is 21.6. The summed E-state index contributed by atoms with van der Waals surface area (Å²) in [6, 6.07) is 7.95. The van der Waals surface area contributed by atoms with Crippen LogP contribution in [-0.4, -0.2) is 35.7 Å². The van der Waals surface area contributed by atoms with Gasteiger partial charge in [0.05, 0.1) is 6.04 Å². The number of amides is 1. The Kier molecular flexibility index (Phi) is 6.15. The molecule has 2 unspecified atom stereocenters. The van der Waals surface area contributed by atoms with E-state index in [2.05, 4.69) is 17.1 Å². The normalized spacial score (nSPS) is 17.3. The molecule has 0 spiro atoms. The van der Waals surface area contributed by atoms with Gasteiger partial charge in [0.1, 0.15) is 22.5 Å². The van der Waals surface area contributed by atoms with Gasteiger partial charge in [0.2, 0.25) is 0 Å². The summed E-state index contributed by atoms with van der Waals surface area (Å²) >= 11 is 0. The van der Waals surface area contributed by atoms with E-state index < -0.39 is 28.5 Å². The lowest BCUT2D eigenvalue weighted by atomic mass is 9.90. The number of nitrogens with zero attached hydrogens (tertiary/aromatic N) is 4. The fraction of sp³-hybridized carbons (Fsp3) is 0.538. The number of carbonyl (C=O) groups excluding carboxylic acids is 1. The van der Waals surface area contributed by atoms with E-state index in [0.29, 0.717) is 12.2 Å². The number of ether oxygens (including phenoxy) is 1. The first-order chi connectivity index (χ1) is 16.4. The van der Waals surface area contributed by atoms with Crippen molar-refractivity contribution in [2.45, 2.75) is 77.5 Å². The molecule has 1 aromatic carbocycles. The van der Waals surface area contributed by atoms with Gasteiger partial charge < -0.3 is 9.72 Å². The number of imidazole rings is 1. The Morgan fingerprint density at radius 2 is 1.86 bits per heavy atom. The van der Waals surface area contributed by atoms with E-state index in [-0.39, 0.29) is 17.2 Å². The highest BCUT2D eigenvalue weighted by Gasteiger charge is 2.47. The molecule has 0 bridgehead atoms. The van der Waals surface area contributed by atoms with Crippen LogP contribution < -0.4 is 11.2 Å². The molecule has 3 aromatic rings. The van der Waals surface area contributed by atoms with Crippen LogP contribution in [0.5, 0.6) is 0 Å². The van der Waals surface area contributed by atoms with Crippen molar-refractivity contribution in [3.63, 3.8) is 0 Å². The van der Waals surface area contributed by atoms with E-state index in [9.17, 15) is 14.4 Å². The number of aromatic nitrogens is 4. The predicted octanol–water partition coefficient (Wildman–Crippen LogP) is 3.90. The molecule has 0 saturated carbocycles. The van der Waals surface area contributed by atoms with Crippen molar-refractivity contribution in [3.05, 3.63) is 62.1 Å². The van der Waals surface area contributed by atoms with Crippen molar-refractivity contribution in [1.82, 2.24) is 24.0 Å². The molecule has 1 aliphatic rings. The molecule has 0 fully saturated rings. The molecular weight excluding hydrogens is 446 g/mol. The molecule has 2 atom stereocenters. The standard InChI is InChI=1S/C26H35N5O4/c1-8-15-26(5,22-27-19-20(28-22)29(6)23(33)30(7)21(19)32)31(24(34)35-25(2,3)4)18-14-13-16-11-9-10-12-17(16)18/h9-12,18H,8,13-15H2,1-7H3,(H,27,28). The van der Waals surface area contributed by atoms with E-state index >= 15 is 0 Å². The monoisotopic (exact) mass is 481 g/mol. The second-order valence-corrected chi connectivity index (χ2v) is 10.6. The number of hydrogen-bond acceptors (Lipinski definition) is 5. The lowest BCUT2D eigenvalue weighted by Gasteiger charge is -2.44. The maximum atomic E-state index is 13.8. The van der Waals surface area contributed by atoms with E-state index in [1.54, 1.807) is 11.9 Å². The van der Waals surface area contributed by atoms with E-state index in [1.807, 2.05) is 46.8 Å². The summed E-state index contributed by atoms with van der Waals surface area (Å²) in [5.74, 6) is 0.461. The Bertz CT molecular complexity index is 1390. The van der Waals surface area contributed by atoms with Crippen molar-refractivity contribution in [2.75, 3.05) is 0 Å². The number of aromatic amines is 1. The van der Waals surface area contributed by atoms with E-state index in [1.165, 1.54) is 17.2 Å². The summed E-state index contributed by atoms with van der Waals surface area (Å²) in [7, 11) is 3.03. The minimum Gasteiger partial charge on any atom is -0.444 e. The third-order valence-corrected chi connectivity index (χ3v) is 6.88. The van der Waals surface area contributed by atoms with Gasteiger partial charge in [0.25, 0.3) is 5.56 Å². The number of carbonyl (C=O) groups is 1. The lowest BCUT2D eigenvalue weighted by molar-refractivity contribution is -0.0220. The highest BCUT2D eigenvalue weighted by atomic mass is 16.6. The molecule has 0 aliphatic heterocycles. The molecule has 2 aromatic heterocycles. The maximum Gasteiger partial charge on any atom is 0.411 e. The van der Waals surface area contributed by atoms with Crippen LogP contribution in [0.25, 0.3) is 11.2 Å². The van der Waals surface area contributed by atoms with Crippen LogP contribution >= 0.6 is 0 Å². The van der Waals surface area contributed by atoms with Gasteiger partial charge in [-0.3, -0.25) is 18.8 Å². The quantitative estimate of drug-likeness (QED) is 0.595. The van der Waals surface area contributed by atoms with Gasteiger partial charge in [-0.2, -0.15) is 0 Å². The van der Waals surface area contributed by atoms with Crippen molar-refractivity contribution >= 4 is 17.3 Å². The number of rotatable bonds is 5. The molecule has 0 radical (unpaired) electrons. The van der Waals surface area contributed by atoms with Gasteiger partial charge in [-0.1, -0.05) is 37.6 Å². The smallest absolute Gasteiger partial charge is 0.411 e. The van der Waals surface area contributed by atoms with Gasteiger partial charge in [0, 0.05) is 14.1 Å². The Morgan fingerprint density at radius 1 is 1.17 bits per heavy atom. The second kappa shape index (κ2) is 8.70.